The molecule has 0 saturated heterocycles. The van der Waals surface area contributed by atoms with Crippen molar-refractivity contribution in [1.29, 1.82) is 0 Å². The Morgan fingerprint density at radius 2 is 1.55 bits per heavy atom. The highest BCUT2D eigenvalue weighted by Crippen LogP contribution is 2.23. The first kappa shape index (κ1) is 34.8. The zero-order chi connectivity index (χ0) is 31.1. The van der Waals surface area contributed by atoms with E-state index < -0.39 is 35.7 Å². The Bertz CT molecular complexity index is 1180. The Morgan fingerprint density at radius 1 is 0.881 bits per heavy atom. The zero-order valence-corrected chi connectivity index (χ0v) is 27.1. The fraction of sp³-hybridized carbons (Fsp3) is 0.484. The van der Waals surface area contributed by atoms with Crippen molar-refractivity contribution in [3.05, 3.63) is 63.2 Å². The van der Waals surface area contributed by atoms with Gasteiger partial charge in [0, 0.05) is 19.4 Å². The smallest absolute Gasteiger partial charge is 0.408 e. The molecule has 10 nitrogen and oxygen atoms in total. The van der Waals surface area contributed by atoms with E-state index in [1.807, 2.05) is 36.4 Å². The van der Waals surface area contributed by atoms with Gasteiger partial charge >= 0.3 is 12.1 Å². The SMILES string of the molecule is CCCCCNC(=O)[C@H](Cc1ccc(OCC(=O)OC)c(I)c1)NC(=O)[C@H](Cc1ccccc1)NC(=O)OC(C)(C)C. The first-order chi connectivity index (χ1) is 19.9. The summed E-state index contributed by atoms with van der Waals surface area (Å²) >= 11 is 2.09. The standard InChI is InChI=1S/C31H42IN3O7/c1-6-7-11-16-33-28(37)24(19-22-14-15-26(23(32)17-22)41-20-27(36)40-5)34-29(38)25(18-21-12-9-8-10-13-21)35-30(39)42-31(2,3)4/h8-10,12-15,17,24-25H,6-7,11,16,18-20H2,1-5H3,(H,33,37)(H,34,38)(H,35,39)/t24-,25-/m0/s1. The van der Waals surface area contributed by atoms with Crippen LogP contribution in [0.15, 0.2) is 48.5 Å². The summed E-state index contributed by atoms with van der Waals surface area (Å²) in [5.41, 5.74) is 0.868. The van der Waals surface area contributed by atoms with Crippen LogP contribution in [0.5, 0.6) is 5.75 Å². The van der Waals surface area contributed by atoms with E-state index in [-0.39, 0.29) is 25.4 Å². The molecule has 2 rings (SSSR count). The van der Waals surface area contributed by atoms with Crippen LogP contribution in [0.4, 0.5) is 4.79 Å². The van der Waals surface area contributed by atoms with Crippen LogP contribution in [0.25, 0.3) is 0 Å². The molecule has 0 radical (unpaired) electrons. The molecule has 230 valence electrons. The predicted molar refractivity (Wildman–Crippen MR) is 168 cm³/mol. The second-order valence-corrected chi connectivity index (χ2v) is 11.9. The molecule has 42 heavy (non-hydrogen) atoms. The van der Waals surface area contributed by atoms with Crippen molar-refractivity contribution in [2.24, 2.45) is 0 Å². The number of halogens is 1. The largest absolute Gasteiger partial charge is 0.481 e. The summed E-state index contributed by atoms with van der Waals surface area (Å²) in [5, 5.41) is 8.46. The normalized spacial score (nSPS) is 12.4. The minimum absolute atomic E-state index is 0.198. The number of rotatable bonds is 15. The maximum Gasteiger partial charge on any atom is 0.408 e. The van der Waals surface area contributed by atoms with Crippen LogP contribution in [-0.4, -0.2) is 61.8 Å². The zero-order valence-electron chi connectivity index (χ0n) is 25.0. The Hall–Kier alpha value is -3.35. The summed E-state index contributed by atoms with van der Waals surface area (Å²) in [6.07, 6.45) is 2.49. The summed E-state index contributed by atoms with van der Waals surface area (Å²) < 4.78 is 16.3. The molecule has 3 N–H and O–H groups in total. The molecule has 0 spiro atoms. The summed E-state index contributed by atoms with van der Waals surface area (Å²) in [6.45, 7) is 7.56. The Balaban J connectivity index is 2.26. The van der Waals surface area contributed by atoms with Crippen molar-refractivity contribution in [2.75, 3.05) is 20.3 Å². The van der Waals surface area contributed by atoms with Crippen LogP contribution in [0, 0.1) is 3.57 Å². The molecule has 3 amide bonds. The van der Waals surface area contributed by atoms with Gasteiger partial charge in [-0.2, -0.15) is 0 Å². The van der Waals surface area contributed by atoms with Crippen molar-refractivity contribution in [3.63, 3.8) is 0 Å². The highest BCUT2D eigenvalue weighted by Gasteiger charge is 2.29. The van der Waals surface area contributed by atoms with Crippen molar-refractivity contribution >= 4 is 46.5 Å². The van der Waals surface area contributed by atoms with E-state index in [2.05, 4.69) is 50.2 Å². The van der Waals surface area contributed by atoms with Crippen LogP contribution < -0.4 is 20.7 Å². The van der Waals surface area contributed by atoms with E-state index in [0.717, 1.165) is 34.0 Å². The number of carbonyl (C=O) groups is 4. The maximum atomic E-state index is 13.6. The number of unbranched alkanes of at least 4 members (excludes halogenated alkanes) is 2. The third-order valence-corrected chi connectivity index (χ3v) is 6.85. The number of methoxy groups -OCH3 is 1. The highest BCUT2D eigenvalue weighted by molar-refractivity contribution is 14.1. The van der Waals surface area contributed by atoms with Crippen LogP contribution in [0.1, 0.15) is 58.1 Å². The van der Waals surface area contributed by atoms with Gasteiger partial charge in [-0.1, -0.05) is 56.2 Å². The first-order valence-electron chi connectivity index (χ1n) is 14.0. The number of alkyl carbamates (subject to hydrolysis) is 1. The lowest BCUT2D eigenvalue weighted by atomic mass is 10.0. The third kappa shape index (κ3) is 13.1. The number of hydrogen-bond donors (Lipinski definition) is 3. The van der Waals surface area contributed by atoms with E-state index >= 15 is 0 Å². The molecular weight excluding hydrogens is 653 g/mol. The Morgan fingerprint density at radius 3 is 2.17 bits per heavy atom. The summed E-state index contributed by atoms with van der Waals surface area (Å²) in [4.78, 5) is 51.0. The lowest BCUT2D eigenvalue weighted by molar-refractivity contribution is -0.143. The van der Waals surface area contributed by atoms with E-state index in [1.54, 1.807) is 32.9 Å². The quantitative estimate of drug-likeness (QED) is 0.144. The molecule has 11 heteroatoms. The van der Waals surface area contributed by atoms with E-state index in [1.165, 1.54) is 7.11 Å². The molecule has 0 aliphatic heterocycles. The van der Waals surface area contributed by atoms with Gasteiger partial charge in [0.15, 0.2) is 6.61 Å². The number of ether oxygens (including phenoxy) is 3. The predicted octanol–water partition coefficient (Wildman–Crippen LogP) is 4.31. The fourth-order valence-corrected chi connectivity index (χ4v) is 4.66. The second-order valence-electron chi connectivity index (χ2n) is 10.8. The molecule has 0 bridgehead atoms. The van der Waals surface area contributed by atoms with Crippen molar-refractivity contribution in [2.45, 2.75) is 77.5 Å². The number of nitrogens with one attached hydrogen (secondary N) is 3. The molecule has 2 aromatic rings. The second kappa shape index (κ2) is 17.6. The Labute approximate surface area is 261 Å². The van der Waals surface area contributed by atoms with Gasteiger partial charge in [-0.3, -0.25) is 9.59 Å². The maximum absolute atomic E-state index is 13.6. The molecule has 0 aromatic heterocycles. The summed E-state index contributed by atoms with van der Waals surface area (Å²) in [7, 11) is 1.29. The van der Waals surface area contributed by atoms with Gasteiger partial charge in [-0.05, 0) is 73.0 Å². The van der Waals surface area contributed by atoms with E-state index in [4.69, 9.17) is 9.47 Å². The molecule has 0 fully saturated rings. The number of carbonyl (C=O) groups excluding carboxylic acids is 4. The van der Waals surface area contributed by atoms with Crippen molar-refractivity contribution in [1.82, 2.24) is 16.0 Å². The van der Waals surface area contributed by atoms with Crippen molar-refractivity contribution in [3.8, 4) is 5.75 Å². The lowest BCUT2D eigenvalue weighted by Gasteiger charge is -2.25. The number of hydrogen-bond acceptors (Lipinski definition) is 7. The van der Waals surface area contributed by atoms with Gasteiger partial charge in [0.1, 0.15) is 23.4 Å². The lowest BCUT2D eigenvalue weighted by Crippen LogP contribution is -2.55. The molecule has 0 aliphatic carbocycles. The number of benzene rings is 2. The van der Waals surface area contributed by atoms with Crippen LogP contribution in [0.2, 0.25) is 0 Å². The van der Waals surface area contributed by atoms with Crippen LogP contribution in [-0.2, 0) is 36.7 Å². The van der Waals surface area contributed by atoms with Gasteiger partial charge < -0.3 is 30.2 Å². The van der Waals surface area contributed by atoms with Gasteiger partial charge in [-0.15, -0.1) is 0 Å². The van der Waals surface area contributed by atoms with Gasteiger partial charge in [0.2, 0.25) is 11.8 Å². The van der Waals surface area contributed by atoms with E-state index in [9.17, 15) is 19.2 Å². The number of amides is 3. The molecular formula is C31H42IN3O7. The average Bonchev–Trinajstić information content (AvgIpc) is 2.93. The van der Waals surface area contributed by atoms with Gasteiger partial charge in [0.25, 0.3) is 0 Å². The molecule has 0 heterocycles. The van der Waals surface area contributed by atoms with Crippen molar-refractivity contribution < 1.29 is 33.4 Å². The average molecular weight is 696 g/mol. The molecule has 2 atom stereocenters. The molecule has 2 aromatic carbocycles. The summed E-state index contributed by atoms with van der Waals surface area (Å²) in [5.74, 6) is -0.830. The Kier molecular flexibility index (Phi) is 14.6. The highest BCUT2D eigenvalue weighted by atomic mass is 127. The van der Waals surface area contributed by atoms with Crippen LogP contribution in [0.3, 0.4) is 0 Å². The van der Waals surface area contributed by atoms with E-state index in [0.29, 0.717) is 12.3 Å². The minimum atomic E-state index is -0.980. The summed E-state index contributed by atoms with van der Waals surface area (Å²) in [6, 6.07) is 12.7. The fourth-order valence-electron chi connectivity index (χ4n) is 3.92. The first-order valence-corrected chi connectivity index (χ1v) is 15.1. The third-order valence-electron chi connectivity index (χ3n) is 6.01. The molecule has 0 aliphatic rings. The molecule has 0 unspecified atom stereocenters. The van der Waals surface area contributed by atoms with Gasteiger partial charge in [0.05, 0.1) is 10.7 Å². The molecule has 0 saturated carbocycles. The minimum Gasteiger partial charge on any atom is -0.481 e. The topological polar surface area (TPSA) is 132 Å². The van der Waals surface area contributed by atoms with Crippen LogP contribution >= 0.6 is 22.6 Å². The monoisotopic (exact) mass is 695 g/mol. The van der Waals surface area contributed by atoms with Gasteiger partial charge in [-0.25, -0.2) is 9.59 Å². The number of esters is 1.